The summed E-state index contributed by atoms with van der Waals surface area (Å²) in [5.41, 5.74) is 7.86. The van der Waals surface area contributed by atoms with E-state index in [-0.39, 0.29) is 0 Å². The standard InChI is InChI=1S/C32H16N2S2/c1-2-7-27-19(4-1)25-15-18(16-26-23-11-13-36-32(23)33(27)30(25)26)17-8-9-28-24(14-17)21-6-3-5-20-22-10-12-35-31(22)34(28)29(20)21/h1-16H. The fourth-order valence-electron chi connectivity index (χ4n) is 6.72. The lowest BCUT2D eigenvalue weighted by molar-refractivity contribution is 1.39. The van der Waals surface area contributed by atoms with Crippen LogP contribution in [0.3, 0.4) is 0 Å². The molecule has 0 N–H and O–H groups in total. The van der Waals surface area contributed by atoms with Crippen molar-refractivity contribution >= 4 is 97.5 Å². The van der Waals surface area contributed by atoms with Gasteiger partial charge in [0.25, 0.3) is 0 Å². The Kier molecular flexibility index (Phi) is 3.02. The fourth-order valence-corrected chi connectivity index (χ4v) is 8.58. The first-order chi connectivity index (χ1) is 17.9. The van der Waals surface area contributed by atoms with E-state index >= 15 is 0 Å². The molecule has 0 amide bonds. The van der Waals surface area contributed by atoms with Gasteiger partial charge < -0.3 is 0 Å². The van der Waals surface area contributed by atoms with Gasteiger partial charge in [-0.1, -0.05) is 42.5 Å². The molecule has 0 spiro atoms. The number of benzene rings is 4. The van der Waals surface area contributed by atoms with Crippen molar-refractivity contribution in [2.75, 3.05) is 0 Å². The van der Waals surface area contributed by atoms with Crippen LogP contribution in [0.1, 0.15) is 0 Å². The van der Waals surface area contributed by atoms with Crippen molar-refractivity contribution < 1.29 is 0 Å². The van der Waals surface area contributed by atoms with Gasteiger partial charge in [0.1, 0.15) is 9.66 Å². The number of nitrogens with zero attached hydrogens (tertiary/aromatic N) is 2. The molecule has 4 aromatic carbocycles. The van der Waals surface area contributed by atoms with Crippen LogP contribution in [0.25, 0.3) is 85.9 Å². The fraction of sp³-hybridized carbons (Fsp3) is 0. The normalized spacial score (nSPS) is 13.0. The molecule has 36 heavy (non-hydrogen) atoms. The van der Waals surface area contributed by atoms with Gasteiger partial charge in [-0.25, -0.2) is 0 Å². The van der Waals surface area contributed by atoms with E-state index in [9.17, 15) is 0 Å². The van der Waals surface area contributed by atoms with E-state index in [0.717, 1.165) is 0 Å². The molecule has 0 radical (unpaired) electrons. The summed E-state index contributed by atoms with van der Waals surface area (Å²) < 4.78 is 4.94. The molecule has 0 unspecified atom stereocenters. The number of thiophene rings is 2. The molecule has 4 heteroatoms. The van der Waals surface area contributed by atoms with E-state index in [0.29, 0.717) is 0 Å². The molecule has 10 rings (SSSR count). The Morgan fingerprint density at radius 3 is 1.81 bits per heavy atom. The summed E-state index contributed by atoms with van der Waals surface area (Å²) in [5.74, 6) is 0. The maximum absolute atomic E-state index is 2.47. The molecule has 0 aliphatic heterocycles. The minimum atomic E-state index is 1.28. The molecule has 6 heterocycles. The number of hydrogen-bond acceptors (Lipinski definition) is 2. The average molecular weight is 493 g/mol. The summed E-state index contributed by atoms with van der Waals surface area (Å²) >= 11 is 3.66. The largest absolute Gasteiger partial charge is 0.300 e. The lowest BCUT2D eigenvalue weighted by Gasteiger charge is -2.05. The number of aromatic nitrogens is 2. The Labute approximate surface area is 212 Å². The predicted octanol–water partition coefficient (Wildman–Crippen LogP) is 9.78. The van der Waals surface area contributed by atoms with Crippen molar-refractivity contribution in [2.24, 2.45) is 0 Å². The second kappa shape index (κ2) is 5.98. The van der Waals surface area contributed by atoms with Crippen molar-refractivity contribution in [3.8, 4) is 11.1 Å². The number of fused-ring (bicyclic) bond motifs is 12. The van der Waals surface area contributed by atoms with Gasteiger partial charge in [-0.05, 0) is 64.4 Å². The summed E-state index contributed by atoms with van der Waals surface area (Å²) in [6.45, 7) is 0. The van der Waals surface area contributed by atoms with Crippen LogP contribution >= 0.6 is 22.7 Å². The van der Waals surface area contributed by atoms with Gasteiger partial charge in [0.15, 0.2) is 0 Å². The zero-order valence-electron chi connectivity index (χ0n) is 18.9. The minimum absolute atomic E-state index is 1.28. The second-order valence-electron chi connectivity index (χ2n) is 9.82. The van der Waals surface area contributed by atoms with Crippen molar-refractivity contribution in [1.29, 1.82) is 0 Å². The van der Waals surface area contributed by atoms with Crippen LogP contribution in [0.15, 0.2) is 95.7 Å². The first-order valence-corrected chi connectivity index (χ1v) is 13.9. The molecule has 0 aliphatic carbocycles. The van der Waals surface area contributed by atoms with Crippen LogP contribution in [0, 0.1) is 0 Å². The van der Waals surface area contributed by atoms with Crippen molar-refractivity contribution in [1.82, 2.24) is 8.80 Å². The maximum atomic E-state index is 2.47. The summed E-state index contributed by atoms with van der Waals surface area (Å²) in [7, 11) is 0. The van der Waals surface area contributed by atoms with E-state index < -0.39 is 0 Å². The van der Waals surface area contributed by atoms with Gasteiger partial charge in [0.05, 0.1) is 22.1 Å². The number of hydrogen-bond donors (Lipinski definition) is 0. The highest BCUT2D eigenvalue weighted by atomic mass is 32.1. The van der Waals surface area contributed by atoms with Crippen LogP contribution in [-0.4, -0.2) is 8.80 Å². The molecule has 0 saturated heterocycles. The molecule has 0 aliphatic rings. The summed E-state index contributed by atoms with van der Waals surface area (Å²) in [5, 5.41) is 15.2. The Morgan fingerprint density at radius 2 is 1.00 bits per heavy atom. The lowest BCUT2D eigenvalue weighted by Crippen LogP contribution is -1.82. The van der Waals surface area contributed by atoms with Gasteiger partial charge in [-0.2, -0.15) is 0 Å². The topological polar surface area (TPSA) is 8.82 Å². The predicted molar refractivity (Wildman–Crippen MR) is 157 cm³/mol. The zero-order chi connectivity index (χ0) is 23.1. The molecule has 2 nitrogen and oxygen atoms in total. The highest BCUT2D eigenvalue weighted by molar-refractivity contribution is 7.17. The maximum Gasteiger partial charge on any atom is 0.108 e. The van der Waals surface area contributed by atoms with Crippen LogP contribution < -0.4 is 0 Å². The zero-order valence-corrected chi connectivity index (χ0v) is 20.6. The smallest absolute Gasteiger partial charge is 0.108 e. The summed E-state index contributed by atoms with van der Waals surface area (Å²) in [6, 6.07) is 32.0. The van der Waals surface area contributed by atoms with Gasteiger partial charge in [0.2, 0.25) is 0 Å². The van der Waals surface area contributed by atoms with Gasteiger partial charge in [-0.3, -0.25) is 8.80 Å². The van der Waals surface area contributed by atoms with Crippen molar-refractivity contribution in [2.45, 2.75) is 0 Å². The van der Waals surface area contributed by atoms with Crippen molar-refractivity contribution in [3.05, 3.63) is 95.7 Å². The first-order valence-electron chi connectivity index (χ1n) is 12.2. The Balaban J connectivity index is 1.35. The Hall–Kier alpha value is -4.12. The minimum Gasteiger partial charge on any atom is -0.300 e. The van der Waals surface area contributed by atoms with Crippen LogP contribution in [-0.2, 0) is 0 Å². The molecule has 10 aromatic rings. The molecule has 6 aromatic heterocycles. The molecule has 0 saturated carbocycles. The van der Waals surface area contributed by atoms with E-state index in [2.05, 4.69) is 104 Å². The van der Waals surface area contributed by atoms with Gasteiger partial charge >= 0.3 is 0 Å². The third-order valence-corrected chi connectivity index (χ3v) is 9.96. The molecule has 0 bridgehead atoms. The Morgan fingerprint density at radius 1 is 0.417 bits per heavy atom. The number of rotatable bonds is 1. The quantitative estimate of drug-likeness (QED) is 0.216. The third kappa shape index (κ3) is 1.92. The molecular formula is C32H16N2S2. The van der Waals surface area contributed by atoms with Crippen LogP contribution in [0.5, 0.6) is 0 Å². The van der Waals surface area contributed by atoms with E-state index in [4.69, 9.17) is 0 Å². The molecule has 0 atom stereocenters. The lowest BCUT2D eigenvalue weighted by atomic mass is 9.98. The summed E-state index contributed by atoms with van der Waals surface area (Å²) in [4.78, 5) is 2.68. The molecular weight excluding hydrogens is 477 g/mol. The first kappa shape index (κ1) is 18.2. The van der Waals surface area contributed by atoms with Crippen LogP contribution in [0.2, 0.25) is 0 Å². The summed E-state index contributed by atoms with van der Waals surface area (Å²) in [6.07, 6.45) is 0. The second-order valence-corrected chi connectivity index (χ2v) is 11.6. The van der Waals surface area contributed by atoms with Gasteiger partial charge in [0, 0.05) is 43.1 Å². The molecule has 166 valence electrons. The Bertz CT molecular complexity index is 2480. The number of para-hydroxylation sites is 2. The van der Waals surface area contributed by atoms with Crippen molar-refractivity contribution in [3.63, 3.8) is 0 Å². The monoisotopic (exact) mass is 492 g/mol. The van der Waals surface area contributed by atoms with E-state index in [1.807, 2.05) is 22.7 Å². The van der Waals surface area contributed by atoms with Crippen LogP contribution in [0.4, 0.5) is 0 Å². The highest BCUT2D eigenvalue weighted by Crippen LogP contribution is 2.45. The average Bonchev–Trinajstić information content (AvgIpc) is 3.73. The highest BCUT2D eigenvalue weighted by Gasteiger charge is 2.21. The third-order valence-electron chi connectivity index (χ3n) is 8.17. The SMILES string of the molecule is c1ccc2c(c1)c1cc(-c3ccc4c(c3)c3cccc5c6ccsc6n4c35)cc3c4ccsc4n2c13. The van der Waals surface area contributed by atoms with E-state index in [1.54, 1.807) is 0 Å². The van der Waals surface area contributed by atoms with Gasteiger partial charge in [-0.15, -0.1) is 22.7 Å². The van der Waals surface area contributed by atoms with E-state index in [1.165, 1.54) is 85.9 Å². The molecule has 0 fully saturated rings.